The second-order valence-electron chi connectivity index (χ2n) is 4.99. The summed E-state index contributed by atoms with van der Waals surface area (Å²) in [6, 6.07) is 13.4. The fourth-order valence-electron chi connectivity index (χ4n) is 2.07. The van der Waals surface area contributed by atoms with Crippen molar-refractivity contribution in [1.29, 1.82) is 0 Å². The molecule has 0 radical (unpaired) electrons. The van der Waals surface area contributed by atoms with Gasteiger partial charge in [0, 0.05) is 0 Å². The van der Waals surface area contributed by atoms with E-state index in [2.05, 4.69) is 20.3 Å². The fraction of sp³-hybridized carbons (Fsp3) is 0.125. The summed E-state index contributed by atoms with van der Waals surface area (Å²) in [6.45, 7) is -0.207. The Balaban J connectivity index is 1.64. The number of alkyl halides is 3. The van der Waals surface area contributed by atoms with Gasteiger partial charge in [-0.05, 0) is 46.8 Å². The quantitative estimate of drug-likeness (QED) is 0.648. The third kappa shape index (κ3) is 4.35. The van der Waals surface area contributed by atoms with Gasteiger partial charge in [0.2, 0.25) is 0 Å². The molecular weight excluding hydrogens is 353 g/mol. The molecule has 0 saturated carbocycles. The molecular formula is C16H11F3N4O3. The van der Waals surface area contributed by atoms with Gasteiger partial charge in [-0.15, -0.1) is 18.3 Å². The number of carbonyl (C=O) groups is 1. The van der Waals surface area contributed by atoms with E-state index in [1.54, 1.807) is 24.3 Å². The molecule has 0 atom stereocenters. The number of ether oxygens (including phenoxy) is 2. The maximum absolute atomic E-state index is 12.1. The van der Waals surface area contributed by atoms with Gasteiger partial charge < -0.3 is 9.47 Å². The first-order valence-electron chi connectivity index (χ1n) is 7.28. The topological polar surface area (TPSA) is 79.1 Å². The predicted octanol–water partition coefficient (Wildman–Crippen LogP) is 2.92. The molecule has 0 fully saturated rings. The van der Waals surface area contributed by atoms with Crippen LogP contribution < -0.4 is 4.74 Å². The Morgan fingerprint density at radius 3 is 2.38 bits per heavy atom. The number of hydrogen-bond donors (Lipinski definition) is 0. The smallest absolute Gasteiger partial charge is 0.454 e. The zero-order chi connectivity index (χ0) is 18.6. The summed E-state index contributed by atoms with van der Waals surface area (Å²) in [5.74, 6) is -0.866. The predicted molar refractivity (Wildman–Crippen MR) is 81.4 cm³/mol. The van der Waals surface area contributed by atoms with Crippen LogP contribution in [0, 0.1) is 0 Å². The minimum atomic E-state index is -4.80. The zero-order valence-corrected chi connectivity index (χ0v) is 13.1. The Morgan fingerprint density at radius 2 is 1.73 bits per heavy atom. The summed E-state index contributed by atoms with van der Waals surface area (Å²) in [5.41, 5.74) is 0.760. The number of aromatic nitrogens is 4. The number of esters is 1. The highest BCUT2D eigenvalue weighted by Crippen LogP contribution is 2.23. The molecule has 1 heterocycles. The van der Waals surface area contributed by atoms with Crippen LogP contribution in [0.5, 0.6) is 5.75 Å². The second-order valence-corrected chi connectivity index (χ2v) is 4.99. The van der Waals surface area contributed by atoms with E-state index in [4.69, 9.17) is 4.74 Å². The van der Waals surface area contributed by atoms with Crippen molar-refractivity contribution in [3.05, 3.63) is 66.0 Å². The second kappa shape index (κ2) is 7.21. The van der Waals surface area contributed by atoms with E-state index in [9.17, 15) is 18.0 Å². The van der Waals surface area contributed by atoms with Crippen LogP contribution in [0.3, 0.4) is 0 Å². The number of hydrogen-bond acceptors (Lipinski definition) is 6. The maximum atomic E-state index is 12.1. The fourth-order valence-corrected chi connectivity index (χ4v) is 2.07. The Bertz CT molecular complexity index is 880. The molecule has 0 aliphatic heterocycles. The van der Waals surface area contributed by atoms with Crippen LogP contribution >= 0.6 is 0 Å². The first kappa shape index (κ1) is 17.4. The van der Waals surface area contributed by atoms with Crippen LogP contribution in [-0.2, 0) is 11.3 Å². The van der Waals surface area contributed by atoms with Crippen LogP contribution in [-0.4, -0.2) is 32.5 Å². The normalized spacial score (nSPS) is 11.2. The van der Waals surface area contributed by atoms with E-state index in [-0.39, 0.29) is 12.2 Å². The summed E-state index contributed by atoms with van der Waals surface area (Å²) in [6.07, 6.45) is -4.80. The molecule has 10 heteroatoms. The minimum Gasteiger partial charge on any atom is -0.454 e. The minimum absolute atomic E-state index is 0.0678. The van der Waals surface area contributed by atoms with Gasteiger partial charge in [0.25, 0.3) is 0 Å². The lowest BCUT2D eigenvalue weighted by atomic mass is 10.2. The number of halogens is 3. The number of para-hydroxylation sites is 1. The molecule has 26 heavy (non-hydrogen) atoms. The van der Waals surface area contributed by atoms with Gasteiger partial charge in [-0.2, -0.15) is 4.68 Å². The van der Waals surface area contributed by atoms with E-state index >= 15 is 0 Å². The molecule has 0 saturated heterocycles. The standard InChI is InChI=1S/C16H11F3N4O3/c17-16(18,19)26-13-8-6-11(7-9-13)15(24)25-10-14-20-21-22-23(14)12-4-2-1-3-5-12/h1-9H,10H2. The van der Waals surface area contributed by atoms with Crippen molar-refractivity contribution in [2.45, 2.75) is 13.0 Å². The Kier molecular flexibility index (Phi) is 4.83. The van der Waals surface area contributed by atoms with Crippen molar-refractivity contribution in [2.75, 3.05) is 0 Å². The maximum Gasteiger partial charge on any atom is 0.573 e. The SMILES string of the molecule is O=C(OCc1nnnn1-c1ccccc1)c1ccc(OC(F)(F)F)cc1. The molecule has 0 amide bonds. The van der Waals surface area contributed by atoms with Gasteiger partial charge in [-0.3, -0.25) is 0 Å². The average molecular weight is 364 g/mol. The lowest BCUT2D eigenvalue weighted by Crippen LogP contribution is -2.17. The molecule has 0 N–H and O–H groups in total. The van der Waals surface area contributed by atoms with Crippen LogP contribution in [0.25, 0.3) is 5.69 Å². The number of carbonyl (C=O) groups excluding carboxylic acids is 1. The molecule has 0 bridgehead atoms. The van der Waals surface area contributed by atoms with Crippen LogP contribution in [0.2, 0.25) is 0 Å². The van der Waals surface area contributed by atoms with Crippen molar-refractivity contribution in [3.63, 3.8) is 0 Å². The Hall–Kier alpha value is -3.43. The highest BCUT2D eigenvalue weighted by molar-refractivity contribution is 5.89. The van der Waals surface area contributed by atoms with E-state index < -0.39 is 18.1 Å². The van der Waals surface area contributed by atoms with Gasteiger partial charge in [0.1, 0.15) is 5.75 Å². The molecule has 1 aromatic heterocycles. The molecule has 0 spiro atoms. The zero-order valence-electron chi connectivity index (χ0n) is 13.1. The number of benzene rings is 2. The summed E-state index contributed by atoms with van der Waals surface area (Å²) in [5, 5.41) is 11.2. The average Bonchev–Trinajstić information content (AvgIpc) is 3.08. The van der Waals surface area contributed by atoms with Crippen molar-refractivity contribution >= 4 is 5.97 Å². The van der Waals surface area contributed by atoms with Crippen LogP contribution in [0.1, 0.15) is 16.2 Å². The summed E-state index contributed by atoms with van der Waals surface area (Å²) in [7, 11) is 0. The Morgan fingerprint density at radius 1 is 1.04 bits per heavy atom. The summed E-state index contributed by atoms with van der Waals surface area (Å²) >= 11 is 0. The summed E-state index contributed by atoms with van der Waals surface area (Å²) < 4.78 is 46.6. The van der Waals surface area contributed by atoms with E-state index in [1.165, 1.54) is 16.8 Å². The molecule has 2 aromatic carbocycles. The monoisotopic (exact) mass is 364 g/mol. The number of nitrogens with zero attached hydrogens (tertiary/aromatic N) is 4. The molecule has 7 nitrogen and oxygen atoms in total. The Labute approximate surface area is 145 Å². The largest absolute Gasteiger partial charge is 0.573 e. The van der Waals surface area contributed by atoms with Crippen LogP contribution in [0.15, 0.2) is 54.6 Å². The molecule has 0 unspecified atom stereocenters. The van der Waals surface area contributed by atoms with E-state index in [0.717, 1.165) is 12.1 Å². The van der Waals surface area contributed by atoms with Gasteiger partial charge in [-0.1, -0.05) is 18.2 Å². The molecule has 0 aliphatic carbocycles. The van der Waals surface area contributed by atoms with Gasteiger partial charge in [0.15, 0.2) is 12.4 Å². The van der Waals surface area contributed by atoms with Gasteiger partial charge in [0.05, 0.1) is 11.3 Å². The third-order valence-corrected chi connectivity index (χ3v) is 3.19. The van der Waals surface area contributed by atoms with Gasteiger partial charge in [-0.25, -0.2) is 4.79 Å². The van der Waals surface area contributed by atoms with Crippen molar-refractivity contribution < 1.29 is 27.4 Å². The third-order valence-electron chi connectivity index (χ3n) is 3.19. The van der Waals surface area contributed by atoms with Gasteiger partial charge >= 0.3 is 12.3 Å². The molecule has 3 rings (SSSR count). The van der Waals surface area contributed by atoms with Crippen molar-refractivity contribution in [1.82, 2.24) is 20.2 Å². The highest BCUT2D eigenvalue weighted by atomic mass is 19.4. The van der Waals surface area contributed by atoms with E-state index in [1.807, 2.05) is 6.07 Å². The number of tetrazole rings is 1. The molecule has 0 aliphatic rings. The highest BCUT2D eigenvalue weighted by Gasteiger charge is 2.31. The van der Waals surface area contributed by atoms with Crippen molar-refractivity contribution in [2.24, 2.45) is 0 Å². The summed E-state index contributed by atoms with van der Waals surface area (Å²) in [4.78, 5) is 12.0. The van der Waals surface area contributed by atoms with Crippen molar-refractivity contribution in [3.8, 4) is 11.4 Å². The van der Waals surface area contributed by atoms with E-state index in [0.29, 0.717) is 11.5 Å². The lowest BCUT2D eigenvalue weighted by Gasteiger charge is -2.09. The molecule has 134 valence electrons. The number of rotatable bonds is 5. The molecule has 3 aromatic rings. The first-order chi connectivity index (χ1) is 12.4. The van der Waals surface area contributed by atoms with Crippen LogP contribution in [0.4, 0.5) is 13.2 Å². The first-order valence-corrected chi connectivity index (χ1v) is 7.28. The lowest BCUT2D eigenvalue weighted by molar-refractivity contribution is -0.274.